The van der Waals surface area contributed by atoms with E-state index in [1.54, 1.807) is 19.2 Å². The van der Waals surface area contributed by atoms with Crippen molar-refractivity contribution in [3.05, 3.63) is 48.0 Å². The quantitative estimate of drug-likeness (QED) is 0.552. The van der Waals surface area contributed by atoms with Gasteiger partial charge in [-0.3, -0.25) is 9.59 Å². The second-order valence-electron chi connectivity index (χ2n) is 6.28. The minimum Gasteiger partial charge on any atom is -0.395 e. The molecule has 0 saturated heterocycles. The van der Waals surface area contributed by atoms with Crippen LogP contribution in [0.5, 0.6) is 11.5 Å². The number of aryl methyl sites for hydroxylation is 1. The molecule has 13 heteroatoms. The number of hydrogen-bond donors (Lipinski definition) is 2. The molecule has 31 heavy (non-hydrogen) atoms. The van der Waals surface area contributed by atoms with Gasteiger partial charge in [-0.15, -0.1) is 13.9 Å². The van der Waals surface area contributed by atoms with Gasteiger partial charge in [0, 0.05) is 30.1 Å². The summed E-state index contributed by atoms with van der Waals surface area (Å²) < 4.78 is 36.3. The van der Waals surface area contributed by atoms with E-state index in [2.05, 4.69) is 35.6 Å². The molecule has 0 bridgehead atoms. The van der Waals surface area contributed by atoms with Gasteiger partial charge in [0.1, 0.15) is 0 Å². The van der Waals surface area contributed by atoms with Crippen LogP contribution in [-0.4, -0.2) is 44.1 Å². The third-order valence-corrected chi connectivity index (χ3v) is 5.01. The Balaban J connectivity index is 1.32. The minimum absolute atomic E-state index is 0.111. The number of tetrazole rings is 1. The zero-order valence-electron chi connectivity index (χ0n) is 15.8. The summed E-state index contributed by atoms with van der Waals surface area (Å²) in [6.45, 7) is 0. The van der Waals surface area contributed by atoms with Gasteiger partial charge in [-0.1, -0.05) is 11.8 Å². The van der Waals surface area contributed by atoms with Crippen molar-refractivity contribution in [1.82, 2.24) is 20.2 Å². The van der Waals surface area contributed by atoms with Crippen molar-refractivity contribution in [3.8, 4) is 11.5 Å². The molecule has 0 spiro atoms. The van der Waals surface area contributed by atoms with E-state index in [9.17, 15) is 18.4 Å². The van der Waals surface area contributed by atoms with Crippen molar-refractivity contribution in [2.24, 2.45) is 7.05 Å². The molecule has 0 fully saturated rings. The third kappa shape index (κ3) is 4.88. The number of rotatable bonds is 6. The summed E-state index contributed by atoms with van der Waals surface area (Å²) in [4.78, 5) is 24.5. The monoisotopic (exact) mass is 448 g/mol. The number of alkyl halides is 2. The Morgan fingerprint density at radius 1 is 1.06 bits per heavy atom. The van der Waals surface area contributed by atoms with Crippen LogP contribution in [0.4, 0.5) is 20.2 Å². The van der Waals surface area contributed by atoms with Crippen LogP contribution in [0.15, 0.2) is 47.6 Å². The van der Waals surface area contributed by atoms with E-state index in [1.165, 1.54) is 46.8 Å². The fourth-order valence-electron chi connectivity index (χ4n) is 2.61. The highest BCUT2D eigenvalue weighted by Gasteiger charge is 2.43. The van der Waals surface area contributed by atoms with Crippen molar-refractivity contribution in [1.29, 1.82) is 0 Å². The lowest BCUT2D eigenvalue weighted by Crippen LogP contribution is -2.25. The van der Waals surface area contributed by atoms with Crippen LogP contribution in [0.1, 0.15) is 10.4 Å². The normalized spacial score (nSPS) is 13.6. The number of halogens is 2. The molecular weight excluding hydrogens is 434 g/mol. The summed E-state index contributed by atoms with van der Waals surface area (Å²) in [5, 5.41) is 16.7. The molecule has 1 aliphatic heterocycles. The number of carbonyl (C=O) groups excluding carboxylic acids is 2. The summed E-state index contributed by atoms with van der Waals surface area (Å²) in [5.74, 6) is -0.900. The summed E-state index contributed by atoms with van der Waals surface area (Å²) in [5.41, 5.74) is 1.07. The van der Waals surface area contributed by atoms with Crippen LogP contribution < -0.4 is 20.1 Å². The maximum atomic E-state index is 13.1. The molecule has 1 aromatic heterocycles. The molecule has 10 nitrogen and oxygen atoms in total. The smallest absolute Gasteiger partial charge is 0.395 e. The standard InChI is InChI=1S/C18H14F2N6O4S/c1-26-17(23-24-25-26)31-9-15(27)21-11-4-2-10(3-5-11)16(28)22-12-6-7-13-14(8-12)30-18(19,20)29-13/h2-8H,9H2,1H3,(H,21,27)(H,22,28). The van der Waals surface area contributed by atoms with Crippen LogP contribution >= 0.6 is 11.8 Å². The fourth-order valence-corrected chi connectivity index (χ4v) is 3.26. The first-order valence-electron chi connectivity index (χ1n) is 8.75. The fraction of sp³-hybridized carbons (Fsp3) is 0.167. The molecule has 0 atom stereocenters. The van der Waals surface area contributed by atoms with Gasteiger partial charge < -0.3 is 20.1 Å². The highest BCUT2D eigenvalue weighted by atomic mass is 32.2. The van der Waals surface area contributed by atoms with Gasteiger partial charge in [0.15, 0.2) is 11.5 Å². The van der Waals surface area contributed by atoms with Gasteiger partial charge >= 0.3 is 6.29 Å². The topological polar surface area (TPSA) is 120 Å². The Morgan fingerprint density at radius 2 is 1.77 bits per heavy atom. The molecule has 2 aromatic carbocycles. The zero-order chi connectivity index (χ0) is 22.0. The van der Waals surface area contributed by atoms with Gasteiger partial charge in [0.2, 0.25) is 11.1 Å². The van der Waals surface area contributed by atoms with Crippen LogP contribution in [-0.2, 0) is 11.8 Å². The first kappa shape index (κ1) is 20.5. The van der Waals surface area contributed by atoms with Crippen molar-refractivity contribution in [2.45, 2.75) is 11.5 Å². The summed E-state index contributed by atoms with van der Waals surface area (Å²) in [6, 6.07) is 10.1. The number of hydrogen-bond acceptors (Lipinski definition) is 8. The van der Waals surface area contributed by atoms with E-state index in [4.69, 9.17) is 0 Å². The molecule has 160 valence electrons. The maximum absolute atomic E-state index is 13.1. The Labute approximate surface area is 177 Å². The Hall–Kier alpha value is -3.74. The zero-order valence-corrected chi connectivity index (χ0v) is 16.7. The average Bonchev–Trinajstić information content (AvgIpc) is 3.27. The lowest BCUT2D eigenvalue weighted by molar-refractivity contribution is -0.286. The summed E-state index contributed by atoms with van der Waals surface area (Å²) in [6.07, 6.45) is -3.73. The van der Waals surface area contributed by atoms with Crippen LogP contribution in [0.25, 0.3) is 0 Å². The van der Waals surface area contributed by atoms with E-state index in [-0.39, 0.29) is 28.8 Å². The third-order valence-electron chi connectivity index (χ3n) is 4.00. The van der Waals surface area contributed by atoms with Crippen LogP contribution in [0.3, 0.4) is 0 Å². The van der Waals surface area contributed by atoms with Crippen molar-refractivity contribution < 1.29 is 27.8 Å². The van der Waals surface area contributed by atoms with Crippen molar-refractivity contribution in [3.63, 3.8) is 0 Å². The maximum Gasteiger partial charge on any atom is 0.586 e. The molecule has 3 aromatic rings. The number of carbonyl (C=O) groups is 2. The van der Waals surface area contributed by atoms with Gasteiger partial charge in [0.25, 0.3) is 5.91 Å². The molecule has 2 amide bonds. The number of thioether (sulfide) groups is 1. The largest absolute Gasteiger partial charge is 0.586 e. The predicted octanol–water partition coefficient (Wildman–Crippen LogP) is 2.51. The second-order valence-corrected chi connectivity index (χ2v) is 7.22. The van der Waals surface area contributed by atoms with Gasteiger partial charge in [-0.05, 0) is 46.8 Å². The number of amides is 2. The molecule has 2 N–H and O–H groups in total. The molecular formula is C18H14F2N6O4S. The van der Waals surface area contributed by atoms with E-state index >= 15 is 0 Å². The average molecular weight is 448 g/mol. The number of ether oxygens (including phenoxy) is 2. The molecule has 1 aliphatic rings. The van der Waals surface area contributed by atoms with Crippen molar-refractivity contribution >= 4 is 35.0 Å². The molecule has 0 unspecified atom stereocenters. The number of nitrogens with zero attached hydrogens (tertiary/aromatic N) is 4. The van der Waals surface area contributed by atoms with Crippen LogP contribution in [0, 0.1) is 0 Å². The number of fused-ring (bicyclic) bond motifs is 1. The summed E-state index contributed by atoms with van der Waals surface area (Å²) >= 11 is 1.18. The Morgan fingerprint density at radius 3 is 2.48 bits per heavy atom. The first-order chi connectivity index (χ1) is 14.8. The first-order valence-corrected chi connectivity index (χ1v) is 9.74. The van der Waals surface area contributed by atoms with Crippen molar-refractivity contribution in [2.75, 3.05) is 16.4 Å². The molecule has 0 saturated carbocycles. The summed E-state index contributed by atoms with van der Waals surface area (Å²) in [7, 11) is 1.67. The van der Waals surface area contributed by atoms with Gasteiger partial charge in [-0.25, -0.2) is 4.68 Å². The minimum atomic E-state index is -3.73. The predicted molar refractivity (Wildman–Crippen MR) is 105 cm³/mol. The lowest BCUT2D eigenvalue weighted by atomic mass is 10.2. The number of nitrogens with one attached hydrogen (secondary N) is 2. The SMILES string of the molecule is Cn1nnnc1SCC(=O)Nc1ccc(C(=O)Nc2ccc3c(c2)OC(F)(F)O3)cc1. The van der Waals surface area contributed by atoms with Gasteiger partial charge in [0.05, 0.1) is 5.75 Å². The van der Waals surface area contributed by atoms with E-state index in [0.29, 0.717) is 16.4 Å². The number of anilines is 2. The molecule has 0 radical (unpaired) electrons. The molecule has 4 rings (SSSR count). The van der Waals surface area contributed by atoms with Gasteiger partial charge in [-0.2, -0.15) is 0 Å². The lowest BCUT2D eigenvalue weighted by Gasteiger charge is -2.08. The van der Waals surface area contributed by atoms with E-state index in [1.807, 2.05) is 0 Å². The van der Waals surface area contributed by atoms with E-state index < -0.39 is 12.2 Å². The highest BCUT2D eigenvalue weighted by molar-refractivity contribution is 7.99. The molecule has 0 aliphatic carbocycles. The second kappa shape index (κ2) is 8.18. The highest BCUT2D eigenvalue weighted by Crippen LogP contribution is 2.42. The number of aromatic nitrogens is 4. The van der Waals surface area contributed by atoms with Crippen LogP contribution in [0.2, 0.25) is 0 Å². The molecule has 2 heterocycles. The Bertz CT molecular complexity index is 1140. The number of benzene rings is 2. The van der Waals surface area contributed by atoms with E-state index in [0.717, 1.165) is 0 Å². The Kier molecular flexibility index (Phi) is 5.42.